The summed E-state index contributed by atoms with van der Waals surface area (Å²) in [5, 5.41) is 0.396. The number of amides is 1. The molecule has 0 aromatic heterocycles. The molecule has 0 saturated carbocycles. The Bertz CT molecular complexity index is 414. The van der Waals surface area contributed by atoms with E-state index in [1.54, 1.807) is 0 Å². The summed E-state index contributed by atoms with van der Waals surface area (Å²) in [5.41, 5.74) is -2.41. The van der Waals surface area contributed by atoms with E-state index in [1.807, 2.05) is 0 Å². The lowest BCUT2D eigenvalue weighted by Crippen LogP contribution is -2.35. The van der Waals surface area contributed by atoms with Crippen LogP contribution in [0.3, 0.4) is 0 Å². The monoisotopic (exact) mass is 236 g/mol. The zero-order valence-electron chi connectivity index (χ0n) is 8.18. The van der Waals surface area contributed by atoms with Gasteiger partial charge in [0, 0.05) is 7.05 Å². The van der Waals surface area contributed by atoms with Crippen molar-refractivity contribution in [3.05, 3.63) is 35.1 Å². The number of nitrogens with two attached hydrogens (primary N) is 1. The highest BCUT2D eigenvalue weighted by Gasteiger charge is 2.37. The van der Waals surface area contributed by atoms with Gasteiger partial charge in [-0.2, -0.15) is 13.2 Å². The molecule has 88 valence electrons. The van der Waals surface area contributed by atoms with Gasteiger partial charge in [0.1, 0.15) is 5.82 Å². The number of halogens is 4. The summed E-state index contributed by atoms with van der Waals surface area (Å²) >= 11 is 0. The van der Waals surface area contributed by atoms with Crippen molar-refractivity contribution >= 4 is 5.91 Å². The van der Waals surface area contributed by atoms with Gasteiger partial charge in [0.05, 0.1) is 11.1 Å². The van der Waals surface area contributed by atoms with Gasteiger partial charge < -0.3 is 0 Å². The SMILES string of the molecule is CN(N)C(=O)c1c(F)cccc1C(F)(F)F. The second-order valence-corrected chi connectivity index (χ2v) is 3.08. The predicted octanol–water partition coefficient (Wildman–Crippen LogP) is 1.79. The Balaban J connectivity index is 3.41. The van der Waals surface area contributed by atoms with Crippen LogP contribution < -0.4 is 5.84 Å². The van der Waals surface area contributed by atoms with Gasteiger partial charge in [0.15, 0.2) is 0 Å². The molecule has 0 unspecified atom stereocenters. The summed E-state index contributed by atoms with van der Waals surface area (Å²) in [5.74, 6) is 2.52. The summed E-state index contributed by atoms with van der Waals surface area (Å²) in [6, 6.07) is 2.28. The van der Waals surface area contributed by atoms with E-state index in [1.165, 1.54) is 0 Å². The van der Waals surface area contributed by atoms with Gasteiger partial charge in [0.2, 0.25) is 0 Å². The zero-order chi connectivity index (χ0) is 12.5. The molecule has 7 heteroatoms. The average molecular weight is 236 g/mol. The molecule has 1 amide bonds. The maximum absolute atomic E-state index is 13.2. The van der Waals surface area contributed by atoms with Crippen molar-refractivity contribution in [3.8, 4) is 0 Å². The van der Waals surface area contributed by atoms with E-state index in [0.717, 1.165) is 19.2 Å². The number of rotatable bonds is 1. The Kier molecular flexibility index (Phi) is 3.18. The molecule has 1 aromatic carbocycles. The van der Waals surface area contributed by atoms with Gasteiger partial charge in [-0.05, 0) is 12.1 Å². The van der Waals surface area contributed by atoms with E-state index in [2.05, 4.69) is 0 Å². The maximum atomic E-state index is 13.2. The highest BCUT2D eigenvalue weighted by molar-refractivity contribution is 5.95. The van der Waals surface area contributed by atoms with E-state index >= 15 is 0 Å². The summed E-state index contributed by atoms with van der Waals surface area (Å²) in [6.07, 6.45) is -4.80. The van der Waals surface area contributed by atoms with E-state index in [4.69, 9.17) is 5.84 Å². The minimum atomic E-state index is -4.80. The molecule has 0 fully saturated rings. The van der Waals surface area contributed by atoms with E-state index < -0.39 is 29.0 Å². The molecule has 0 bridgehead atoms. The average Bonchev–Trinajstić information content (AvgIpc) is 2.14. The fourth-order valence-corrected chi connectivity index (χ4v) is 1.15. The van der Waals surface area contributed by atoms with Crippen molar-refractivity contribution in [3.63, 3.8) is 0 Å². The second kappa shape index (κ2) is 4.09. The molecule has 0 spiro atoms. The van der Waals surface area contributed by atoms with Crippen molar-refractivity contribution in [1.82, 2.24) is 5.01 Å². The zero-order valence-corrected chi connectivity index (χ0v) is 8.18. The number of hydrogen-bond donors (Lipinski definition) is 1. The van der Waals surface area contributed by atoms with Crippen LogP contribution in [0, 0.1) is 5.82 Å². The molecular weight excluding hydrogens is 228 g/mol. The lowest BCUT2D eigenvalue weighted by molar-refractivity contribution is -0.138. The van der Waals surface area contributed by atoms with Crippen LogP contribution in [0.15, 0.2) is 18.2 Å². The first-order valence-corrected chi connectivity index (χ1v) is 4.13. The number of carbonyl (C=O) groups is 1. The fourth-order valence-electron chi connectivity index (χ4n) is 1.15. The first-order chi connectivity index (χ1) is 7.25. The van der Waals surface area contributed by atoms with Crippen molar-refractivity contribution in [1.29, 1.82) is 0 Å². The molecule has 0 saturated heterocycles. The third-order valence-electron chi connectivity index (χ3n) is 1.85. The fraction of sp³-hybridized carbons (Fsp3) is 0.222. The van der Waals surface area contributed by atoms with E-state index in [-0.39, 0.29) is 0 Å². The Morgan fingerprint density at radius 1 is 1.38 bits per heavy atom. The smallest absolute Gasteiger partial charge is 0.280 e. The minimum absolute atomic E-state index is 0.396. The van der Waals surface area contributed by atoms with Crippen molar-refractivity contribution in [2.75, 3.05) is 7.05 Å². The largest absolute Gasteiger partial charge is 0.417 e. The maximum Gasteiger partial charge on any atom is 0.417 e. The summed E-state index contributed by atoms with van der Waals surface area (Å²) < 4.78 is 50.6. The lowest BCUT2D eigenvalue weighted by atomic mass is 10.1. The molecule has 1 rings (SSSR count). The molecule has 16 heavy (non-hydrogen) atoms. The Morgan fingerprint density at radius 2 is 1.94 bits per heavy atom. The van der Waals surface area contributed by atoms with Crippen LogP contribution in [0.25, 0.3) is 0 Å². The van der Waals surface area contributed by atoms with Crippen LogP contribution in [0.2, 0.25) is 0 Å². The molecule has 1 aromatic rings. The number of benzene rings is 1. The van der Waals surface area contributed by atoms with Crippen molar-refractivity contribution in [2.45, 2.75) is 6.18 Å². The van der Waals surface area contributed by atoms with Crippen LogP contribution in [0.4, 0.5) is 17.6 Å². The third-order valence-corrected chi connectivity index (χ3v) is 1.85. The molecular formula is C9H8F4N2O. The van der Waals surface area contributed by atoms with Gasteiger partial charge in [-0.3, -0.25) is 9.80 Å². The molecule has 0 aliphatic carbocycles. The third kappa shape index (κ3) is 2.30. The lowest BCUT2D eigenvalue weighted by Gasteiger charge is -2.15. The topological polar surface area (TPSA) is 46.3 Å². The van der Waals surface area contributed by atoms with Crippen LogP contribution in [0.1, 0.15) is 15.9 Å². The second-order valence-electron chi connectivity index (χ2n) is 3.08. The molecule has 0 aliphatic rings. The van der Waals surface area contributed by atoms with Gasteiger partial charge in [-0.1, -0.05) is 6.07 Å². The number of nitrogens with zero attached hydrogens (tertiary/aromatic N) is 1. The molecule has 2 N–H and O–H groups in total. The van der Waals surface area contributed by atoms with Crippen LogP contribution >= 0.6 is 0 Å². The van der Waals surface area contributed by atoms with Crippen LogP contribution in [0.5, 0.6) is 0 Å². The molecule has 0 radical (unpaired) electrons. The summed E-state index contributed by atoms with van der Waals surface area (Å²) in [4.78, 5) is 11.3. The first-order valence-electron chi connectivity index (χ1n) is 4.13. The van der Waals surface area contributed by atoms with Crippen LogP contribution in [-0.2, 0) is 6.18 Å². The predicted molar refractivity (Wildman–Crippen MR) is 47.7 cm³/mol. The quantitative estimate of drug-likeness (QED) is 0.349. The van der Waals surface area contributed by atoms with Gasteiger partial charge in [0.25, 0.3) is 5.91 Å². The summed E-state index contributed by atoms with van der Waals surface area (Å²) in [6.45, 7) is 0. The number of hydrazine groups is 1. The highest BCUT2D eigenvalue weighted by atomic mass is 19.4. The molecule has 3 nitrogen and oxygen atoms in total. The Hall–Kier alpha value is -1.63. The van der Waals surface area contributed by atoms with E-state index in [9.17, 15) is 22.4 Å². The normalized spacial score (nSPS) is 11.4. The Labute approximate surface area is 88.4 Å². The highest BCUT2D eigenvalue weighted by Crippen LogP contribution is 2.33. The van der Waals surface area contributed by atoms with Crippen molar-refractivity contribution < 1.29 is 22.4 Å². The van der Waals surface area contributed by atoms with E-state index in [0.29, 0.717) is 11.1 Å². The van der Waals surface area contributed by atoms with Gasteiger partial charge >= 0.3 is 6.18 Å². The number of carbonyl (C=O) groups excluding carboxylic acids is 1. The van der Waals surface area contributed by atoms with Crippen molar-refractivity contribution in [2.24, 2.45) is 5.84 Å². The minimum Gasteiger partial charge on any atom is -0.280 e. The van der Waals surface area contributed by atoms with Gasteiger partial charge in [-0.25, -0.2) is 10.2 Å². The van der Waals surface area contributed by atoms with Crippen LogP contribution in [-0.4, -0.2) is 18.0 Å². The number of alkyl halides is 3. The van der Waals surface area contributed by atoms with Gasteiger partial charge in [-0.15, -0.1) is 0 Å². The standard InChI is InChI=1S/C9H8F4N2O/c1-15(14)8(16)7-5(9(11,12)13)3-2-4-6(7)10/h2-4H,14H2,1H3. The first kappa shape index (κ1) is 12.4. The molecule has 0 aliphatic heterocycles. The molecule has 0 heterocycles. The molecule has 0 atom stereocenters. The number of hydrogen-bond acceptors (Lipinski definition) is 2. The summed E-state index contributed by atoms with van der Waals surface area (Å²) in [7, 11) is 1.04. The Morgan fingerprint density at radius 3 is 2.38 bits per heavy atom.